The third-order valence-electron chi connectivity index (χ3n) is 5.77. The van der Waals surface area contributed by atoms with Crippen molar-refractivity contribution in [3.8, 4) is 11.5 Å². The van der Waals surface area contributed by atoms with E-state index in [9.17, 15) is 9.59 Å². The minimum Gasteiger partial charge on any atom is -0.461 e. The summed E-state index contributed by atoms with van der Waals surface area (Å²) in [7, 11) is 0. The maximum atomic E-state index is 13.0. The van der Waals surface area contributed by atoms with Gasteiger partial charge in [-0.1, -0.05) is 23.0 Å². The summed E-state index contributed by atoms with van der Waals surface area (Å²) < 4.78 is 16.1. The van der Waals surface area contributed by atoms with E-state index in [0.29, 0.717) is 36.1 Å². The standard InChI is InChI=1S/C25H24N4O5S2/c1-2-32-25(31)18-13-21(34-28-18)19-15-36-23(27-19)16-8-11-29(12-9-16)24(30)20-7-6-17(33-20)14-35-22-5-3-4-10-26-22/h3-7,10,13,15-16H,2,8-9,11-12,14H2,1H3. The minimum atomic E-state index is -0.518. The number of carbonyl (C=O) groups is 2. The van der Waals surface area contributed by atoms with Crippen LogP contribution in [0.4, 0.5) is 0 Å². The highest BCUT2D eigenvalue weighted by molar-refractivity contribution is 7.98. The quantitative estimate of drug-likeness (QED) is 0.225. The molecule has 5 heterocycles. The fourth-order valence-corrected chi connectivity index (χ4v) is 5.65. The van der Waals surface area contributed by atoms with Crippen LogP contribution in [0, 0.1) is 0 Å². The summed E-state index contributed by atoms with van der Waals surface area (Å²) in [6.45, 7) is 3.27. The van der Waals surface area contributed by atoms with Crippen LogP contribution in [0.3, 0.4) is 0 Å². The number of amides is 1. The van der Waals surface area contributed by atoms with E-state index in [1.165, 1.54) is 0 Å². The van der Waals surface area contributed by atoms with E-state index in [1.807, 2.05) is 34.5 Å². The highest BCUT2D eigenvalue weighted by atomic mass is 32.2. The molecule has 4 aromatic heterocycles. The molecule has 0 radical (unpaired) electrons. The predicted molar refractivity (Wildman–Crippen MR) is 134 cm³/mol. The number of piperidine rings is 1. The number of thiazole rings is 1. The molecule has 0 unspecified atom stereocenters. The van der Waals surface area contributed by atoms with Gasteiger partial charge in [0, 0.05) is 36.7 Å². The van der Waals surface area contributed by atoms with Crippen molar-refractivity contribution in [3.63, 3.8) is 0 Å². The van der Waals surface area contributed by atoms with E-state index in [0.717, 1.165) is 28.6 Å². The van der Waals surface area contributed by atoms with Crippen LogP contribution in [0.15, 0.2) is 61.9 Å². The van der Waals surface area contributed by atoms with E-state index in [2.05, 4.69) is 10.1 Å². The van der Waals surface area contributed by atoms with Crippen LogP contribution in [0.25, 0.3) is 11.5 Å². The summed E-state index contributed by atoms with van der Waals surface area (Å²) in [6.07, 6.45) is 3.38. The lowest BCUT2D eigenvalue weighted by Crippen LogP contribution is -2.37. The molecule has 0 atom stereocenters. The molecule has 186 valence electrons. The first-order valence-electron chi connectivity index (χ1n) is 11.6. The number of carbonyl (C=O) groups excluding carboxylic acids is 2. The summed E-state index contributed by atoms with van der Waals surface area (Å²) in [6, 6.07) is 10.9. The SMILES string of the molecule is CCOC(=O)c1cc(-c2csc(C3CCN(C(=O)c4ccc(CSc5ccccn5)o4)CC3)n2)on1. The normalized spacial score (nSPS) is 14.2. The molecule has 0 N–H and O–H groups in total. The Hall–Kier alpha value is -3.44. The molecular weight excluding hydrogens is 500 g/mol. The van der Waals surface area contributed by atoms with Gasteiger partial charge in [0.25, 0.3) is 5.91 Å². The Kier molecular flexibility index (Phi) is 7.47. The van der Waals surface area contributed by atoms with Crippen LogP contribution in [-0.2, 0) is 10.5 Å². The van der Waals surface area contributed by atoms with Crippen LogP contribution < -0.4 is 0 Å². The lowest BCUT2D eigenvalue weighted by molar-refractivity contribution is 0.0514. The van der Waals surface area contributed by atoms with Gasteiger partial charge in [-0.25, -0.2) is 14.8 Å². The van der Waals surface area contributed by atoms with Gasteiger partial charge in [-0.15, -0.1) is 11.3 Å². The van der Waals surface area contributed by atoms with Crippen molar-refractivity contribution >= 4 is 35.0 Å². The molecule has 9 nitrogen and oxygen atoms in total. The van der Waals surface area contributed by atoms with Crippen molar-refractivity contribution in [1.29, 1.82) is 0 Å². The van der Waals surface area contributed by atoms with Gasteiger partial charge < -0.3 is 18.6 Å². The van der Waals surface area contributed by atoms with E-state index in [4.69, 9.17) is 18.7 Å². The summed E-state index contributed by atoms with van der Waals surface area (Å²) in [5.41, 5.74) is 0.771. The van der Waals surface area contributed by atoms with E-state index >= 15 is 0 Å². The monoisotopic (exact) mass is 524 g/mol. The zero-order valence-corrected chi connectivity index (χ0v) is 21.2. The van der Waals surface area contributed by atoms with Crippen molar-refractivity contribution in [2.45, 2.75) is 36.5 Å². The first-order valence-corrected chi connectivity index (χ1v) is 13.5. The second-order valence-electron chi connectivity index (χ2n) is 8.16. The number of ether oxygens (including phenoxy) is 1. The first kappa shape index (κ1) is 24.3. The fourth-order valence-electron chi connectivity index (χ4n) is 3.92. The smallest absolute Gasteiger partial charge is 0.360 e. The third-order valence-corrected chi connectivity index (χ3v) is 7.75. The predicted octanol–water partition coefficient (Wildman–Crippen LogP) is 5.27. The number of pyridine rings is 1. The Labute approximate surface area is 215 Å². The number of aromatic nitrogens is 3. The van der Waals surface area contributed by atoms with Crippen LogP contribution in [0.2, 0.25) is 0 Å². The Balaban J connectivity index is 1.14. The van der Waals surface area contributed by atoms with Crippen LogP contribution >= 0.6 is 23.1 Å². The van der Waals surface area contributed by atoms with Gasteiger partial charge in [0.1, 0.15) is 11.5 Å². The van der Waals surface area contributed by atoms with Gasteiger partial charge in [-0.3, -0.25) is 4.79 Å². The average Bonchev–Trinajstić information content (AvgIpc) is 3.69. The molecule has 5 rings (SSSR count). The summed E-state index contributed by atoms with van der Waals surface area (Å²) in [5.74, 6) is 1.81. The number of thioether (sulfide) groups is 1. The molecule has 1 amide bonds. The van der Waals surface area contributed by atoms with Gasteiger partial charge in [0.05, 0.1) is 22.4 Å². The topological polar surface area (TPSA) is 112 Å². The highest BCUT2D eigenvalue weighted by Gasteiger charge is 2.28. The van der Waals surface area contributed by atoms with Crippen LogP contribution in [-0.4, -0.2) is 51.6 Å². The lowest BCUT2D eigenvalue weighted by Gasteiger charge is -2.30. The number of rotatable bonds is 8. The fraction of sp³-hybridized carbons (Fsp3) is 0.320. The summed E-state index contributed by atoms with van der Waals surface area (Å²) in [4.78, 5) is 35.6. The van der Waals surface area contributed by atoms with Gasteiger partial charge in [-0.05, 0) is 44.0 Å². The zero-order chi connectivity index (χ0) is 24.9. The largest absolute Gasteiger partial charge is 0.461 e. The molecule has 11 heteroatoms. The minimum absolute atomic E-state index is 0.0875. The molecule has 0 aliphatic carbocycles. The zero-order valence-electron chi connectivity index (χ0n) is 19.6. The van der Waals surface area contributed by atoms with Crippen LogP contribution in [0.5, 0.6) is 0 Å². The number of nitrogens with zero attached hydrogens (tertiary/aromatic N) is 4. The molecule has 4 aromatic rings. The molecule has 1 aliphatic rings. The molecular formula is C25H24N4O5S2. The number of likely N-dealkylation sites (tertiary alicyclic amines) is 1. The molecule has 1 saturated heterocycles. The maximum Gasteiger partial charge on any atom is 0.360 e. The summed E-state index contributed by atoms with van der Waals surface area (Å²) >= 11 is 3.12. The van der Waals surface area contributed by atoms with Crippen molar-refractivity contribution in [2.24, 2.45) is 0 Å². The Morgan fingerprint density at radius 2 is 2.08 bits per heavy atom. The van der Waals surface area contributed by atoms with Crippen molar-refractivity contribution in [3.05, 3.63) is 70.2 Å². The number of hydrogen-bond acceptors (Lipinski definition) is 10. The Morgan fingerprint density at radius 1 is 1.22 bits per heavy atom. The molecule has 0 aromatic carbocycles. The molecule has 0 bridgehead atoms. The maximum absolute atomic E-state index is 13.0. The molecule has 0 spiro atoms. The second-order valence-corrected chi connectivity index (χ2v) is 10.0. The number of esters is 1. The van der Waals surface area contributed by atoms with Crippen molar-refractivity contribution in [2.75, 3.05) is 19.7 Å². The molecule has 1 aliphatic heterocycles. The van der Waals surface area contributed by atoms with Crippen LogP contribution in [0.1, 0.15) is 57.5 Å². The first-order chi connectivity index (χ1) is 17.6. The lowest BCUT2D eigenvalue weighted by atomic mass is 9.97. The van der Waals surface area contributed by atoms with Crippen molar-refractivity contribution < 1.29 is 23.3 Å². The second kappa shape index (κ2) is 11.1. The average molecular weight is 525 g/mol. The molecule has 1 fully saturated rings. The molecule has 0 saturated carbocycles. The van der Waals surface area contributed by atoms with Crippen molar-refractivity contribution in [1.82, 2.24) is 20.0 Å². The van der Waals surface area contributed by atoms with E-state index in [1.54, 1.807) is 48.4 Å². The Bertz CT molecular complexity index is 1320. The van der Waals surface area contributed by atoms with E-state index in [-0.39, 0.29) is 24.1 Å². The van der Waals surface area contributed by atoms with Gasteiger partial charge in [0.2, 0.25) is 0 Å². The number of hydrogen-bond donors (Lipinski definition) is 0. The van der Waals surface area contributed by atoms with Gasteiger partial charge in [-0.2, -0.15) is 0 Å². The number of furan rings is 1. The van der Waals surface area contributed by atoms with Gasteiger partial charge >= 0.3 is 5.97 Å². The highest BCUT2D eigenvalue weighted by Crippen LogP contribution is 2.33. The Morgan fingerprint density at radius 3 is 2.86 bits per heavy atom. The third kappa shape index (κ3) is 5.52. The van der Waals surface area contributed by atoms with Gasteiger partial charge in [0.15, 0.2) is 17.2 Å². The van der Waals surface area contributed by atoms with E-state index < -0.39 is 5.97 Å². The summed E-state index contributed by atoms with van der Waals surface area (Å²) in [5, 5.41) is 7.57. The molecule has 36 heavy (non-hydrogen) atoms.